The summed E-state index contributed by atoms with van der Waals surface area (Å²) in [6.45, 7) is 4.09. The van der Waals surface area contributed by atoms with Crippen LogP contribution < -0.4 is 4.74 Å². The number of nitrogens with zero attached hydrogens (tertiary/aromatic N) is 1. The number of hydrogen-bond acceptors (Lipinski definition) is 4. The highest BCUT2D eigenvalue weighted by Gasteiger charge is 2.13. The zero-order valence-corrected chi connectivity index (χ0v) is 15.0. The molecule has 0 aliphatic carbocycles. The van der Waals surface area contributed by atoms with Crippen LogP contribution in [0.4, 0.5) is 0 Å². The molecule has 2 aromatic rings. The molecule has 0 saturated carbocycles. The summed E-state index contributed by atoms with van der Waals surface area (Å²) in [5, 5.41) is 4.71. The number of fused-ring (bicyclic) bond motifs is 1. The van der Waals surface area contributed by atoms with Gasteiger partial charge in [-0.15, -0.1) is 0 Å². The van der Waals surface area contributed by atoms with Crippen molar-refractivity contribution in [3.63, 3.8) is 0 Å². The lowest BCUT2D eigenvalue weighted by molar-refractivity contribution is -0.134. The molecule has 0 aliphatic heterocycles. The van der Waals surface area contributed by atoms with Crippen molar-refractivity contribution in [2.45, 2.75) is 78.1 Å². The lowest BCUT2D eigenvalue weighted by Crippen LogP contribution is -2.07. The van der Waals surface area contributed by atoms with Gasteiger partial charge in [0.2, 0.25) is 0 Å². The molecular weight excluding hydrogens is 302 g/mol. The summed E-state index contributed by atoms with van der Waals surface area (Å²) < 4.78 is 10.7. The number of ether oxygens (including phenoxy) is 1. The molecule has 0 amide bonds. The number of carbonyl (C=O) groups is 1. The van der Waals surface area contributed by atoms with Crippen LogP contribution in [0, 0.1) is 6.92 Å². The van der Waals surface area contributed by atoms with Crippen molar-refractivity contribution in [2.75, 3.05) is 0 Å². The molecule has 4 nitrogen and oxygen atoms in total. The molecule has 0 aliphatic rings. The lowest BCUT2D eigenvalue weighted by Gasteiger charge is -2.05. The zero-order valence-electron chi connectivity index (χ0n) is 15.0. The number of aromatic nitrogens is 1. The molecule has 0 atom stereocenters. The Morgan fingerprint density at radius 3 is 2.42 bits per heavy atom. The monoisotopic (exact) mass is 331 g/mol. The molecule has 1 aromatic heterocycles. The Morgan fingerprint density at radius 1 is 1.04 bits per heavy atom. The average Bonchev–Trinajstić information content (AvgIpc) is 2.96. The highest BCUT2D eigenvalue weighted by molar-refractivity contribution is 5.88. The molecule has 0 saturated heterocycles. The first-order chi connectivity index (χ1) is 11.7. The summed E-state index contributed by atoms with van der Waals surface area (Å²) in [5.74, 6) is 0.373. The first-order valence-corrected chi connectivity index (χ1v) is 9.28. The summed E-state index contributed by atoms with van der Waals surface area (Å²) >= 11 is 0. The first-order valence-electron chi connectivity index (χ1n) is 9.28. The highest BCUT2D eigenvalue weighted by Crippen LogP contribution is 2.28. The van der Waals surface area contributed by atoms with Crippen molar-refractivity contribution < 1.29 is 14.1 Å². The molecule has 0 N–H and O–H groups in total. The maximum Gasteiger partial charge on any atom is 0.311 e. The van der Waals surface area contributed by atoms with Crippen molar-refractivity contribution >= 4 is 16.9 Å². The second kappa shape index (κ2) is 10.1. The van der Waals surface area contributed by atoms with Gasteiger partial charge >= 0.3 is 5.97 Å². The fraction of sp³-hybridized carbons (Fsp3) is 0.600. The number of carbonyl (C=O) groups excluding carboxylic acids is 1. The van der Waals surface area contributed by atoms with E-state index in [2.05, 4.69) is 12.1 Å². The molecule has 0 spiro atoms. The van der Waals surface area contributed by atoms with Gasteiger partial charge in [0.25, 0.3) is 0 Å². The second-order valence-electron chi connectivity index (χ2n) is 6.45. The van der Waals surface area contributed by atoms with Gasteiger partial charge in [0.05, 0.1) is 11.1 Å². The second-order valence-corrected chi connectivity index (χ2v) is 6.45. The number of rotatable bonds is 11. The van der Waals surface area contributed by atoms with Crippen LogP contribution in [0.1, 0.15) is 76.8 Å². The normalized spacial score (nSPS) is 11.1. The van der Waals surface area contributed by atoms with Crippen molar-refractivity contribution in [1.29, 1.82) is 0 Å². The molecule has 132 valence electrons. The SMILES string of the molecule is CCCCCCCCCCCC(=O)Oc1cccc2onc(C)c12. The molecule has 1 heterocycles. The topological polar surface area (TPSA) is 52.3 Å². The van der Waals surface area contributed by atoms with Crippen LogP contribution in [0.15, 0.2) is 22.7 Å². The lowest BCUT2D eigenvalue weighted by atomic mass is 10.1. The van der Waals surface area contributed by atoms with Crippen molar-refractivity contribution in [1.82, 2.24) is 5.16 Å². The van der Waals surface area contributed by atoms with E-state index in [0.29, 0.717) is 17.8 Å². The minimum atomic E-state index is -0.175. The molecule has 24 heavy (non-hydrogen) atoms. The van der Waals surface area contributed by atoms with Gasteiger partial charge in [-0.05, 0) is 25.5 Å². The highest BCUT2D eigenvalue weighted by atomic mass is 16.5. The molecular formula is C20H29NO3. The van der Waals surface area contributed by atoms with Gasteiger partial charge in [0.15, 0.2) is 5.58 Å². The fourth-order valence-corrected chi connectivity index (χ4v) is 2.95. The number of benzene rings is 1. The van der Waals surface area contributed by atoms with E-state index in [9.17, 15) is 4.79 Å². The molecule has 2 rings (SSSR count). The summed E-state index contributed by atoms with van der Waals surface area (Å²) in [6, 6.07) is 5.43. The van der Waals surface area contributed by atoms with Crippen LogP contribution in [0.25, 0.3) is 11.0 Å². The fourth-order valence-electron chi connectivity index (χ4n) is 2.95. The molecule has 0 unspecified atom stereocenters. The van der Waals surface area contributed by atoms with Crippen LogP contribution in [0.2, 0.25) is 0 Å². The van der Waals surface area contributed by atoms with E-state index in [-0.39, 0.29) is 5.97 Å². The van der Waals surface area contributed by atoms with Crippen LogP contribution in [0.5, 0.6) is 5.75 Å². The maximum absolute atomic E-state index is 12.0. The Hall–Kier alpha value is -1.84. The molecule has 0 radical (unpaired) electrons. The van der Waals surface area contributed by atoms with Gasteiger partial charge in [-0.2, -0.15) is 0 Å². The van der Waals surface area contributed by atoms with Crippen molar-refractivity contribution in [3.05, 3.63) is 23.9 Å². The Kier molecular flexibility index (Phi) is 7.80. The number of hydrogen-bond donors (Lipinski definition) is 0. The van der Waals surface area contributed by atoms with E-state index in [1.165, 1.54) is 44.9 Å². The number of unbranched alkanes of at least 4 members (excludes halogenated alkanes) is 8. The third kappa shape index (κ3) is 5.66. The molecule has 1 aromatic carbocycles. The number of esters is 1. The maximum atomic E-state index is 12.0. The molecule has 0 fully saturated rings. The summed E-state index contributed by atoms with van der Waals surface area (Å²) in [5.41, 5.74) is 1.40. The van der Waals surface area contributed by atoms with E-state index in [1.54, 1.807) is 6.07 Å². The van der Waals surface area contributed by atoms with E-state index in [4.69, 9.17) is 9.26 Å². The third-order valence-electron chi connectivity index (χ3n) is 4.34. The quantitative estimate of drug-likeness (QED) is 0.289. The first kappa shape index (κ1) is 18.5. The van der Waals surface area contributed by atoms with Crippen LogP contribution in [-0.2, 0) is 4.79 Å². The molecule has 4 heteroatoms. The van der Waals surface area contributed by atoms with Crippen molar-refractivity contribution in [2.24, 2.45) is 0 Å². The van der Waals surface area contributed by atoms with Gasteiger partial charge in [0.1, 0.15) is 5.75 Å². The minimum absolute atomic E-state index is 0.175. The molecule has 0 bridgehead atoms. The Morgan fingerprint density at radius 2 is 1.71 bits per heavy atom. The summed E-state index contributed by atoms with van der Waals surface area (Å²) in [7, 11) is 0. The zero-order chi connectivity index (χ0) is 17.2. The van der Waals surface area contributed by atoms with E-state index in [0.717, 1.165) is 23.9 Å². The predicted octanol–water partition coefficient (Wildman–Crippen LogP) is 5.96. The number of aryl methyl sites for hydroxylation is 1. The van der Waals surface area contributed by atoms with Crippen LogP contribution in [-0.4, -0.2) is 11.1 Å². The van der Waals surface area contributed by atoms with E-state index < -0.39 is 0 Å². The smallest absolute Gasteiger partial charge is 0.311 e. The van der Waals surface area contributed by atoms with Crippen LogP contribution >= 0.6 is 0 Å². The van der Waals surface area contributed by atoms with E-state index in [1.807, 2.05) is 19.1 Å². The van der Waals surface area contributed by atoms with Gasteiger partial charge < -0.3 is 9.26 Å². The van der Waals surface area contributed by atoms with E-state index >= 15 is 0 Å². The largest absolute Gasteiger partial charge is 0.426 e. The predicted molar refractivity (Wildman–Crippen MR) is 96.2 cm³/mol. The Balaban J connectivity index is 1.64. The van der Waals surface area contributed by atoms with Crippen LogP contribution in [0.3, 0.4) is 0 Å². The van der Waals surface area contributed by atoms with Gasteiger partial charge in [-0.3, -0.25) is 4.79 Å². The van der Waals surface area contributed by atoms with Crippen molar-refractivity contribution in [3.8, 4) is 5.75 Å². The van der Waals surface area contributed by atoms with Gasteiger partial charge in [-0.25, -0.2) is 0 Å². The minimum Gasteiger partial charge on any atom is -0.426 e. The van der Waals surface area contributed by atoms with Gasteiger partial charge in [-0.1, -0.05) is 69.5 Å². The standard InChI is InChI=1S/C20H29NO3/c1-3-4-5-6-7-8-9-10-11-15-19(22)23-17-13-12-14-18-20(17)16(2)21-24-18/h12-14H,3-11,15H2,1-2H3. The Bertz CT molecular complexity index is 633. The third-order valence-corrected chi connectivity index (χ3v) is 4.34. The summed E-state index contributed by atoms with van der Waals surface area (Å²) in [6.07, 6.45) is 11.6. The average molecular weight is 331 g/mol. The Labute approximate surface area is 144 Å². The summed E-state index contributed by atoms with van der Waals surface area (Å²) in [4.78, 5) is 12.0. The van der Waals surface area contributed by atoms with Gasteiger partial charge in [0, 0.05) is 6.42 Å².